The number of piperidine rings is 1. The first-order chi connectivity index (χ1) is 10.3. The van der Waals surface area contributed by atoms with Gasteiger partial charge in [0.2, 0.25) is 0 Å². The molecule has 1 heterocycles. The van der Waals surface area contributed by atoms with Crippen molar-refractivity contribution in [1.82, 2.24) is 0 Å². The Kier molecular flexibility index (Phi) is 4.95. The molecular formula is C15H19F3N2O2. The molecule has 2 unspecified atom stereocenters. The summed E-state index contributed by atoms with van der Waals surface area (Å²) in [5, 5.41) is 8.75. The number of carboxylic acids is 1. The number of anilines is 1. The van der Waals surface area contributed by atoms with Gasteiger partial charge >= 0.3 is 12.1 Å². The Hall–Kier alpha value is -1.76. The highest BCUT2D eigenvalue weighted by molar-refractivity contribution is 5.66. The van der Waals surface area contributed by atoms with Crippen LogP contribution in [-0.4, -0.2) is 30.2 Å². The van der Waals surface area contributed by atoms with Gasteiger partial charge in [0.1, 0.15) is 0 Å². The first kappa shape index (κ1) is 16.6. The molecule has 2 rings (SSSR count). The number of halogens is 3. The first-order valence-electron chi connectivity index (χ1n) is 7.15. The van der Waals surface area contributed by atoms with Crippen molar-refractivity contribution < 1.29 is 23.1 Å². The van der Waals surface area contributed by atoms with Crippen LogP contribution in [0.4, 0.5) is 18.9 Å². The van der Waals surface area contributed by atoms with E-state index >= 15 is 0 Å². The van der Waals surface area contributed by atoms with Gasteiger partial charge in [-0.1, -0.05) is 0 Å². The van der Waals surface area contributed by atoms with Gasteiger partial charge in [-0.15, -0.1) is 0 Å². The van der Waals surface area contributed by atoms with Crippen molar-refractivity contribution in [1.29, 1.82) is 0 Å². The molecule has 2 atom stereocenters. The predicted molar refractivity (Wildman–Crippen MR) is 76.6 cm³/mol. The highest BCUT2D eigenvalue weighted by atomic mass is 19.4. The van der Waals surface area contributed by atoms with Crippen molar-refractivity contribution in [2.45, 2.75) is 31.5 Å². The summed E-state index contributed by atoms with van der Waals surface area (Å²) >= 11 is 0. The number of carbonyl (C=O) groups is 1. The summed E-state index contributed by atoms with van der Waals surface area (Å²) in [6.07, 6.45) is -3.00. The zero-order valence-corrected chi connectivity index (χ0v) is 12.0. The molecule has 0 spiro atoms. The maximum absolute atomic E-state index is 12.6. The van der Waals surface area contributed by atoms with Crippen LogP contribution in [0.15, 0.2) is 24.3 Å². The van der Waals surface area contributed by atoms with Crippen molar-refractivity contribution in [2.75, 3.05) is 18.0 Å². The second kappa shape index (κ2) is 6.56. The lowest BCUT2D eigenvalue weighted by Gasteiger charge is -2.38. The van der Waals surface area contributed by atoms with Crippen LogP contribution >= 0.6 is 0 Å². The number of alkyl halides is 3. The van der Waals surface area contributed by atoms with Crippen LogP contribution in [-0.2, 0) is 11.0 Å². The Morgan fingerprint density at radius 1 is 1.27 bits per heavy atom. The zero-order chi connectivity index (χ0) is 16.3. The minimum Gasteiger partial charge on any atom is -0.481 e. The fourth-order valence-corrected chi connectivity index (χ4v) is 2.86. The van der Waals surface area contributed by atoms with Crippen LogP contribution in [0.25, 0.3) is 0 Å². The highest BCUT2D eigenvalue weighted by Crippen LogP contribution is 2.31. The van der Waals surface area contributed by atoms with Crippen molar-refractivity contribution in [3.63, 3.8) is 0 Å². The number of nitrogens with zero attached hydrogens (tertiary/aromatic N) is 1. The fourth-order valence-electron chi connectivity index (χ4n) is 2.86. The van der Waals surface area contributed by atoms with Crippen LogP contribution < -0.4 is 10.6 Å². The predicted octanol–water partition coefficient (Wildman–Crippen LogP) is 2.72. The molecule has 1 saturated heterocycles. The van der Waals surface area contributed by atoms with E-state index in [0.717, 1.165) is 18.6 Å². The topological polar surface area (TPSA) is 66.6 Å². The molecule has 1 aromatic carbocycles. The summed E-state index contributed by atoms with van der Waals surface area (Å²) in [6.45, 7) is 1.18. The summed E-state index contributed by atoms with van der Waals surface area (Å²) in [6, 6.07) is 4.89. The average Bonchev–Trinajstić information content (AvgIpc) is 2.44. The third kappa shape index (κ3) is 4.37. The lowest BCUT2D eigenvalue weighted by Crippen LogP contribution is -2.47. The number of rotatable bonds is 4. The summed E-state index contributed by atoms with van der Waals surface area (Å²) in [4.78, 5) is 12.6. The lowest BCUT2D eigenvalue weighted by molar-refractivity contribution is -0.138. The molecular weight excluding hydrogens is 297 g/mol. The molecule has 3 N–H and O–H groups in total. The van der Waals surface area contributed by atoms with Crippen molar-refractivity contribution in [3.05, 3.63) is 29.8 Å². The van der Waals surface area contributed by atoms with E-state index in [4.69, 9.17) is 10.8 Å². The summed E-state index contributed by atoms with van der Waals surface area (Å²) in [5.41, 5.74) is 5.99. The minimum atomic E-state index is -4.35. The molecule has 1 aliphatic heterocycles. The smallest absolute Gasteiger partial charge is 0.416 e. The molecule has 0 radical (unpaired) electrons. The maximum atomic E-state index is 12.6. The third-order valence-electron chi connectivity index (χ3n) is 3.90. The van der Waals surface area contributed by atoms with Crippen molar-refractivity contribution >= 4 is 11.7 Å². The molecule has 1 aromatic rings. The molecule has 7 heteroatoms. The van der Waals surface area contributed by atoms with Gasteiger partial charge in [-0.2, -0.15) is 13.2 Å². The van der Waals surface area contributed by atoms with Crippen LogP contribution in [0.3, 0.4) is 0 Å². The molecule has 0 bridgehead atoms. The van der Waals surface area contributed by atoms with Gasteiger partial charge in [0.05, 0.1) is 5.56 Å². The highest BCUT2D eigenvalue weighted by Gasteiger charge is 2.31. The van der Waals surface area contributed by atoms with Crippen molar-refractivity contribution in [2.24, 2.45) is 11.7 Å². The Morgan fingerprint density at radius 3 is 2.45 bits per heavy atom. The second-order valence-electron chi connectivity index (χ2n) is 5.74. The molecule has 0 aromatic heterocycles. The minimum absolute atomic E-state index is 0.0816. The normalized spacial score (nSPS) is 22.6. The van der Waals surface area contributed by atoms with E-state index in [9.17, 15) is 18.0 Å². The Labute approximate surface area is 126 Å². The van der Waals surface area contributed by atoms with Gasteiger partial charge in [0.15, 0.2) is 0 Å². The molecule has 122 valence electrons. The number of benzene rings is 1. The van der Waals surface area contributed by atoms with Gasteiger partial charge in [0, 0.05) is 31.2 Å². The average molecular weight is 316 g/mol. The van der Waals surface area contributed by atoms with Crippen LogP contribution in [0.1, 0.15) is 24.8 Å². The fraction of sp³-hybridized carbons (Fsp3) is 0.533. The monoisotopic (exact) mass is 316 g/mol. The van der Waals surface area contributed by atoms with Crippen LogP contribution in [0, 0.1) is 5.92 Å². The number of hydrogen-bond acceptors (Lipinski definition) is 3. The Morgan fingerprint density at radius 2 is 1.91 bits per heavy atom. The van der Waals surface area contributed by atoms with Crippen LogP contribution in [0.5, 0.6) is 0 Å². The molecule has 1 aliphatic rings. The summed E-state index contributed by atoms with van der Waals surface area (Å²) < 4.78 is 37.7. The summed E-state index contributed by atoms with van der Waals surface area (Å²) in [7, 11) is 0. The Balaban J connectivity index is 2.05. The van der Waals surface area contributed by atoms with E-state index in [2.05, 4.69) is 0 Å². The number of hydrogen-bond donors (Lipinski definition) is 2. The largest absolute Gasteiger partial charge is 0.481 e. The molecule has 1 fully saturated rings. The van der Waals surface area contributed by atoms with E-state index < -0.39 is 17.7 Å². The quantitative estimate of drug-likeness (QED) is 0.896. The third-order valence-corrected chi connectivity index (χ3v) is 3.90. The number of nitrogens with two attached hydrogens (primary N) is 1. The summed E-state index contributed by atoms with van der Waals surface area (Å²) in [5.74, 6) is -0.706. The van der Waals surface area contributed by atoms with Gasteiger partial charge in [-0.25, -0.2) is 0 Å². The molecule has 0 aliphatic carbocycles. The SMILES string of the molecule is NC1CC(CCC(=O)O)CN(c2ccc(C(F)(F)F)cc2)C1. The Bertz CT molecular complexity index is 517. The molecule has 0 saturated carbocycles. The first-order valence-corrected chi connectivity index (χ1v) is 7.15. The van der Waals surface area contributed by atoms with Crippen molar-refractivity contribution in [3.8, 4) is 0 Å². The van der Waals surface area contributed by atoms with E-state index in [1.54, 1.807) is 0 Å². The standard InChI is InChI=1S/C15H19F3N2O2/c16-15(17,18)11-2-4-13(5-3-11)20-8-10(1-6-14(21)22)7-12(19)9-20/h2-5,10,12H,1,6-9,19H2,(H,21,22). The van der Waals surface area contributed by atoms with Gasteiger partial charge in [0.25, 0.3) is 0 Å². The van der Waals surface area contributed by atoms with Gasteiger partial charge in [-0.3, -0.25) is 4.79 Å². The van der Waals surface area contributed by atoms with Gasteiger partial charge < -0.3 is 15.7 Å². The van der Waals surface area contributed by atoms with E-state index in [1.165, 1.54) is 12.1 Å². The van der Waals surface area contributed by atoms with E-state index in [0.29, 0.717) is 25.2 Å². The van der Waals surface area contributed by atoms with E-state index in [1.807, 2.05) is 4.90 Å². The number of aliphatic carboxylic acids is 1. The van der Waals surface area contributed by atoms with Gasteiger partial charge in [-0.05, 0) is 43.0 Å². The maximum Gasteiger partial charge on any atom is 0.416 e. The van der Waals surface area contributed by atoms with E-state index in [-0.39, 0.29) is 18.4 Å². The molecule has 0 amide bonds. The molecule has 22 heavy (non-hydrogen) atoms. The number of carboxylic acid groups (broad SMARTS) is 1. The van der Waals surface area contributed by atoms with Crippen LogP contribution in [0.2, 0.25) is 0 Å². The second-order valence-corrected chi connectivity index (χ2v) is 5.74. The zero-order valence-electron chi connectivity index (χ0n) is 12.0. The lowest BCUT2D eigenvalue weighted by atomic mass is 9.90. The molecule has 4 nitrogen and oxygen atoms in total.